The molecule has 1 heterocycles. The van der Waals surface area contributed by atoms with E-state index in [0.29, 0.717) is 5.01 Å². The van der Waals surface area contributed by atoms with Crippen LogP contribution >= 0.6 is 11.3 Å². The molecule has 0 aromatic carbocycles. The van der Waals surface area contributed by atoms with E-state index in [4.69, 9.17) is 0 Å². The lowest BCUT2D eigenvalue weighted by Crippen LogP contribution is -2.32. The van der Waals surface area contributed by atoms with Gasteiger partial charge in [0.1, 0.15) is 5.01 Å². The van der Waals surface area contributed by atoms with E-state index in [2.05, 4.69) is 24.0 Å². The largest absolute Gasteiger partial charge is 0.337 e. The average Bonchev–Trinajstić information content (AvgIpc) is 2.75. The highest BCUT2D eigenvalue weighted by Crippen LogP contribution is 2.12. The van der Waals surface area contributed by atoms with E-state index < -0.39 is 0 Å². The molecule has 0 fully saturated rings. The zero-order valence-electron chi connectivity index (χ0n) is 10.9. The number of aromatic nitrogens is 2. The molecule has 0 aliphatic carbocycles. The third kappa shape index (κ3) is 4.42. The van der Waals surface area contributed by atoms with E-state index in [1.54, 1.807) is 0 Å². The van der Waals surface area contributed by atoms with Crippen molar-refractivity contribution in [2.24, 2.45) is 0 Å². The van der Waals surface area contributed by atoms with Gasteiger partial charge in [-0.15, -0.1) is 10.2 Å². The fraction of sp³-hybridized carbons (Fsp3) is 0.750. The van der Waals surface area contributed by atoms with Crippen LogP contribution in [0, 0.1) is 6.92 Å². The van der Waals surface area contributed by atoms with E-state index in [1.807, 2.05) is 11.8 Å². The van der Waals surface area contributed by atoms with Crippen LogP contribution in [0.5, 0.6) is 0 Å². The number of aryl methyl sites for hydroxylation is 1. The normalized spacial score (nSPS) is 10.5. The molecule has 0 aliphatic heterocycles. The maximum absolute atomic E-state index is 12.2. The van der Waals surface area contributed by atoms with Crippen molar-refractivity contribution in [3.05, 3.63) is 10.0 Å². The maximum Gasteiger partial charge on any atom is 0.284 e. The quantitative estimate of drug-likeness (QED) is 0.752. The van der Waals surface area contributed by atoms with Crippen molar-refractivity contribution in [1.29, 1.82) is 0 Å². The second-order valence-electron chi connectivity index (χ2n) is 4.13. The molecule has 0 radical (unpaired) electrons. The topological polar surface area (TPSA) is 46.1 Å². The summed E-state index contributed by atoms with van der Waals surface area (Å²) in [7, 11) is 0. The van der Waals surface area contributed by atoms with Gasteiger partial charge in [-0.3, -0.25) is 4.79 Å². The standard InChI is InChI=1S/C12H21N3OS/c1-4-6-8-15(9-7-5-2)12(16)11-14-13-10(3)17-11/h4-9H2,1-3H3. The van der Waals surface area contributed by atoms with Crippen LogP contribution < -0.4 is 0 Å². The van der Waals surface area contributed by atoms with Gasteiger partial charge in [-0.2, -0.15) is 0 Å². The first-order valence-electron chi connectivity index (χ1n) is 6.28. The lowest BCUT2D eigenvalue weighted by atomic mass is 10.2. The Morgan fingerprint density at radius 3 is 2.18 bits per heavy atom. The van der Waals surface area contributed by atoms with Gasteiger partial charge in [-0.25, -0.2) is 0 Å². The van der Waals surface area contributed by atoms with Gasteiger partial charge in [0, 0.05) is 13.1 Å². The Morgan fingerprint density at radius 1 is 1.18 bits per heavy atom. The third-order valence-corrected chi connectivity index (χ3v) is 3.39. The van der Waals surface area contributed by atoms with E-state index in [0.717, 1.165) is 43.8 Å². The smallest absolute Gasteiger partial charge is 0.284 e. The number of nitrogens with zero attached hydrogens (tertiary/aromatic N) is 3. The van der Waals surface area contributed by atoms with Crippen LogP contribution in [0.25, 0.3) is 0 Å². The van der Waals surface area contributed by atoms with Crippen LogP contribution in [0.4, 0.5) is 0 Å². The summed E-state index contributed by atoms with van der Waals surface area (Å²) in [6.45, 7) is 7.80. The summed E-state index contributed by atoms with van der Waals surface area (Å²) in [5.41, 5.74) is 0. The lowest BCUT2D eigenvalue weighted by molar-refractivity contribution is 0.0750. The minimum Gasteiger partial charge on any atom is -0.337 e. The second kappa shape index (κ2) is 7.37. The van der Waals surface area contributed by atoms with Crippen LogP contribution in [-0.2, 0) is 0 Å². The van der Waals surface area contributed by atoms with E-state index in [9.17, 15) is 4.79 Å². The molecule has 0 spiro atoms. The molecule has 0 N–H and O–H groups in total. The first-order valence-corrected chi connectivity index (χ1v) is 7.10. The minimum absolute atomic E-state index is 0.0394. The summed E-state index contributed by atoms with van der Waals surface area (Å²) >= 11 is 1.38. The van der Waals surface area contributed by atoms with Gasteiger partial charge in [0.2, 0.25) is 5.01 Å². The van der Waals surface area contributed by atoms with Crippen LogP contribution in [0.3, 0.4) is 0 Å². The van der Waals surface area contributed by atoms with Crippen molar-refractivity contribution in [2.45, 2.75) is 46.5 Å². The molecule has 5 heteroatoms. The SMILES string of the molecule is CCCCN(CCCC)C(=O)c1nnc(C)s1. The highest BCUT2D eigenvalue weighted by molar-refractivity contribution is 7.13. The molecule has 4 nitrogen and oxygen atoms in total. The Labute approximate surface area is 107 Å². The zero-order valence-corrected chi connectivity index (χ0v) is 11.7. The van der Waals surface area contributed by atoms with Gasteiger partial charge in [-0.05, 0) is 19.8 Å². The Bertz CT molecular complexity index is 343. The second-order valence-corrected chi connectivity index (χ2v) is 5.31. The minimum atomic E-state index is 0.0394. The maximum atomic E-state index is 12.2. The van der Waals surface area contributed by atoms with Crippen LogP contribution in [0.1, 0.15) is 54.3 Å². The summed E-state index contributed by atoms with van der Waals surface area (Å²) in [6, 6.07) is 0. The molecule has 1 amide bonds. The number of hydrogen-bond donors (Lipinski definition) is 0. The fourth-order valence-corrected chi connectivity index (χ4v) is 2.19. The summed E-state index contributed by atoms with van der Waals surface area (Å²) < 4.78 is 0. The molecule has 0 saturated carbocycles. The third-order valence-electron chi connectivity index (χ3n) is 2.56. The molecule has 17 heavy (non-hydrogen) atoms. The molecule has 0 unspecified atom stereocenters. The summed E-state index contributed by atoms with van der Waals surface area (Å²) in [6.07, 6.45) is 4.30. The molecule has 0 bridgehead atoms. The fourth-order valence-electron chi connectivity index (χ4n) is 1.53. The van der Waals surface area contributed by atoms with Crippen molar-refractivity contribution in [2.75, 3.05) is 13.1 Å². The Morgan fingerprint density at radius 2 is 1.76 bits per heavy atom. The van der Waals surface area contributed by atoms with Crippen molar-refractivity contribution < 1.29 is 4.79 Å². The van der Waals surface area contributed by atoms with Gasteiger partial charge in [0.05, 0.1) is 0 Å². The highest BCUT2D eigenvalue weighted by atomic mass is 32.1. The van der Waals surface area contributed by atoms with Crippen LogP contribution in [-0.4, -0.2) is 34.1 Å². The predicted molar refractivity (Wildman–Crippen MR) is 70.4 cm³/mol. The highest BCUT2D eigenvalue weighted by Gasteiger charge is 2.18. The molecule has 0 saturated heterocycles. The first kappa shape index (κ1) is 14.1. The number of hydrogen-bond acceptors (Lipinski definition) is 4. The van der Waals surface area contributed by atoms with Gasteiger partial charge in [0.25, 0.3) is 5.91 Å². The lowest BCUT2D eigenvalue weighted by Gasteiger charge is -2.20. The van der Waals surface area contributed by atoms with Gasteiger partial charge in [-0.1, -0.05) is 38.0 Å². The Hall–Kier alpha value is -0.970. The van der Waals surface area contributed by atoms with Crippen LogP contribution in [0.15, 0.2) is 0 Å². The molecular weight excluding hydrogens is 234 g/mol. The Balaban J connectivity index is 2.64. The number of carbonyl (C=O) groups excluding carboxylic acids is 1. The number of amides is 1. The summed E-state index contributed by atoms with van der Waals surface area (Å²) in [5, 5.41) is 9.20. The van der Waals surface area contributed by atoms with Crippen molar-refractivity contribution >= 4 is 17.2 Å². The molecule has 0 aliphatic rings. The summed E-state index contributed by atoms with van der Waals surface area (Å²) in [5.74, 6) is 0.0394. The first-order chi connectivity index (χ1) is 8.19. The van der Waals surface area contributed by atoms with E-state index >= 15 is 0 Å². The van der Waals surface area contributed by atoms with Gasteiger partial charge < -0.3 is 4.90 Å². The number of rotatable bonds is 7. The molecule has 96 valence electrons. The zero-order chi connectivity index (χ0) is 12.7. The summed E-state index contributed by atoms with van der Waals surface area (Å²) in [4.78, 5) is 14.1. The van der Waals surface area contributed by atoms with Crippen molar-refractivity contribution in [3.63, 3.8) is 0 Å². The van der Waals surface area contributed by atoms with Crippen molar-refractivity contribution in [1.82, 2.24) is 15.1 Å². The number of carbonyl (C=O) groups is 1. The molecule has 1 aromatic heterocycles. The Kier molecular flexibility index (Phi) is 6.11. The van der Waals surface area contributed by atoms with E-state index in [-0.39, 0.29) is 5.91 Å². The average molecular weight is 255 g/mol. The predicted octanol–water partition coefficient (Wildman–Crippen LogP) is 2.89. The number of unbranched alkanes of at least 4 members (excludes halogenated alkanes) is 2. The molecule has 1 rings (SSSR count). The monoisotopic (exact) mass is 255 g/mol. The van der Waals surface area contributed by atoms with Gasteiger partial charge in [0.15, 0.2) is 0 Å². The molecule has 0 atom stereocenters. The van der Waals surface area contributed by atoms with Gasteiger partial charge >= 0.3 is 0 Å². The van der Waals surface area contributed by atoms with Crippen LogP contribution in [0.2, 0.25) is 0 Å². The van der Waals surface area contributed by atoms with Crippen molar-refractivity contribution in [3.8, 4) is 0 Å². The van der Waals surface area contributed by atoms with E-state index in [1.165, 1.54) is 11.3 Å². The molecular formula is C12H21N3OS. The molecule has 1 aromatic rings.